The maximum Gasteiger partial charge on any atom is 0.300 e. The summed E-state index contributed by atoms with van der Waals surface area (Å²) in [6.07, 6.45) is 3.20. The van der Waals surface area contributed by atoms with Crippen molar-refractivity contribution in [3.63, 3.8) is 0 Å². The fourth-order valence-electron chi connectivity index (χ4n) is 3.95. The molecule has 2 aromatic carbocycles. The fraction of sp³-hybridized carbons (Fsp3) is 0.259. The van der Waals surface area contributed by atoms with Gasteiger partial charge in [0, 0.05) is 21.2 Å². The number of rotatable bonds is 8. The molecule has 1 fully saturated rings. The number of aliphatic hydroxyl groups is 1. The van der Waals surface area contributed by atoms with Crippen LogP contribution in [0.5, 0.6) is 5.75 Å². The Labute approximate surface area is 208 Å². The number of aryl methyl sites for hydroxylation is 1. The highest BCUT2D eigenvalue weighted by molar-refractivity contribution is 7.10. The Morgan fingerprint density at radius 3 is 2.53 bits per heavy atom. The van der Waals surface area contributed by atoms with Crippen molar-refractivity contribution < 1.29 is 19.4 Å². The van der Waals surface area contributed by atoms with Crippen molar-refractivity contribution in [1.29, 1.82) is 0 Å². The van der Waals surface area contributed by atoms with E-state index in [0.29, 0.717) is 28.6 Å². The number of carbonyl (C=O) groups excluding carboxylic acids is 2. The van der Waals surface area contributed by atoms with E-state index in [-0.39, 0.29) is 11.3 Å². The van der Waals surface area contributed by atoms with Gasteiger partial charge in [-0.25, -0.2) is 0 Å². The van der Waals surface area contributed by atoms with Crippen LogP contribution in [-0.2, 0) is 9.59 Å². The molecule has 1 saturated heterocycles. The summed E-state index contributed by atoms with van der Waals surface area (Å²) >= 11 is 7.74. The van der Waals surface area contributed by atoms with Gasteiger partial charge >= 0.3 is 0 Å². The molecule has 1 aliphatic rings. The molecular weight excluding hydrogens is 470 g/mol. The molecule has 176 valence electrons. The number of carbonyl (C=O) groups is 2. The van der Waals surface area contributed by atoms with Crippen LogP contribution in [0.2, 0.25) is 5.02 Å². The lowest BCUT2D eigenvalue weighted by Gasteiger charge is -2.24. The Kier molecular flexibility index (Phi) is 7.39. The Morgan fingerprint density at radius 1 is 1.12 bits per heavy atom. The maximum absolute atomic E-state index is 13.2. The van der Waals surface area contributed by atoms with Crippen molar-refractivity contribution in [2.75, 3.05) is 11.5 Å². The topological polar surface area (TPSA) is 66.8 Å². The van der Waals surface area contributed by atoms with E-state index in [2.05, 4.69) is 6.92 Å². The lowest BCUT2D eigenvalue weighted by Crippen LogP contribution is -2.29. The fourth-order valence-corrected chi connectivity index (χ4v) is 4.95. The zero-order chi connectivity index (χ0) is 24.2. The van der Waals surface area contributed by atoms with Gasteiger partial charge in [0.05, 0.1) is 12.2 Å². The number of aliphatic hydroxyl groups excluding tert-OH is 1. The van der Waals surface area contributed by atoms with Crippen LogP contribution in [0.1, 0.15) is 48.2 Å². The molecule has 4 rings (SSSR count). The molecule has 0 spiro atoms. The molecule has 1 aromatic heterocycles. The first kappa shape index (κ1) is 24.0. The van der Waals surface area contributed by atoms with Crippen LogP contribution in [0.4, 0.5) is 5.69 Å². The number of hydrogen-bond acceptors (Lipinski definition) is 5. The molecule has 1 aliphatic heterocycles. The van der Waals surface area contributed by atoms with Gasteiger partial charge < -0.3 is 9.84 Å². The van der Waals surface area contributed by atoms with Gasteiger partial charge in [-0.2, -0.15) is 0 Å². The Bertz CT molecular complexity index is 1220. The smallest absolute Gasteiger partial charge is 0.300 e. The van der Waals surface area contributed by atoms with Crippen molar-refractivity contribution in [2.24, 2.45) is 0 Å². The number of Topliss-reactive ketones (excluding diaryl/α,β-unsaturated/α-hetero) is 1. The summed E-state index contributed by atoms with van der Waals surface area (Å²) in [6, 6.07) is 15.1. The number of hydrogen-bond donors (Lipinski definition) is 1. The number of benzene rings is 2. The summed E-state index contributed by atoms with van der Waals surface area (Å²) in [7, 11) is 0. The van der Waals surface area contributed by atoms with Crippen LogP contribution in [0.15, 0.2) is 65.6 Å². The number of halogens is 1. The normalized spacial score (nSPS) is 17.4. The Morgan fingerprint density at radius 2 is 1.88 bits per heavy atom. The molecule has 3 aromatic rings. The predicted molar refractivity (Wildman–Crippen MR) is 137 cm³/mol. The first-order valence-corrected chi connectivity index (χ1v) is 12.5. The van der Waals surface area contributed by atoms with Gasteiger partial charge in [0.2, 0.25) is 0 Å². The molecule has 0 aliphatic carbocycles. The molecule has 0 radical (unpaired) electrons. The van der Waals surface area contributed by atoms with Crippen molar-refractivity contribution in [3.8, 4) is 5.75 Å². The lowest BCUT2D eigenvalue weighted by molar-refractivity contribution is -0.132. The third-order valence-corrected chi connectivity index (χ3v) is 7.17. The number of unbranched alkanes of at least 4 members (excludes halogenated alkanes) is 2. The first-order chi connectivity index (χ1) is 16.4. The van der Waals surface area contributed by atoms with E-state index in [0.717, 1.165) is 29.7 Å². The maximum atomic E-state index is 13.2. The monoisotopic (exact) mass is 495 g/mol. The summed E-state index contributed by atoms with van der Waals surface area (Å²) in [4.78, 5) is 28.5. The van der Waals surface area contributed by atoms with Gasteiger partial charge in [0.25, 0.3) is 11.7 Å². The second-order valence-corrected chi connectivity index (χ2v) is 9.58. The molecule has 0 saturated carbocycles. The molecule has 1 amide bonds. The number of nitrogens with zero attached hydrogens (tertiary/aromatic N) is 1. The highest BCUT2D eigenvalue weighted by Crippen LogP contribution is 2.44. The second kappa shape index (κ2) is 10.5. The van der Waals surface area contributed by atoms with Gasteiger partial charge in [-0.1, -0.05) is 43.5 Å². The standard InChI is InChI=1S/C27H26ClNO4S/c1-3-4-5-14-33-20-12-9-18(10-13-20)25(30)23-24(22-7-6-15-34-22)29(27(32)26(23)31)19-11-8-17(2)21(28)16-19/h6-13,15-16,24,30H,3-5,14H2,1-2H3/b25-23-. The van der Waals surface area contributed by atoms with Crippen LogP contribution in [-0.4, -0.2) is 23.4 Å². The Balaban J connectivity index is 1.72. The lowest BCUT2D eigenvalue weighted by atomic mass is 9.99. The molecule has 1 atom stereocenters. The van der Waals surface area contributed by atoms with Crippen molar-refractivity contribution in [1.82, 2.24) is 0 Å². The quantitative estimate of drug-likeness (QED) is 0.160. The predicted octanol–water partition coefficient (Wildman–Crippen LogP) is 6.91. The number of ether oxygens (including phenoxy) is 1. The summed E-state index contributed by atoms with van der Waals surface area (Å²) in [5.74, 6) is -0.949. The number of ketones is 1. The number of thiophene rings is 1. The summed E-state index contributed by atoms with van der Waals surface area (Å²) in [5.41, 5.74) is 1.88. The van der Waals surface area contributed by atoms with E-state index in [1.807, 2.05) is 30.5 Å². The van der Waals surface area contributed by atoms with E-state index in [4.69, 9.17) is 16.3 Å². The molecule has 1 N–H and O–H groups in total. The first-order valence-electron chi connectivity index (χ1n) is 11.3. The summed E-state index contributed by atoms with van der Waals surface area (Å²) in [5, 5.41) is 13.6. The molecule has 5 nitrogen and oxygen atoms in total. The average Bonchev–Trinajstić information content (AvgIpc) is 3.46. The van der Waals surface area contributed by atoms with Gasteiger partial charge in [-0.3, -0.25) is 14.5 Å². The molecule has 2 heterocycles. The van der Waals surface area contributed by atoms with Crippen molar-refractivity contribution in [2.45, 2.75) is 39.2 Å². The SMILES string of the molecule is CCCCCOc1ccc(/C(O)=C2/C(=O)C(=O)N(c3ccc(C)c(Cl)c3)C2c2cccs2)cc1. The van der Waals surface area contributed by atoms with Crippen LogP contribution < -0.4 is 9.64 Å². The summed E-state index contributed by atoms with van der Waals surface area (Å²) < 4.78 is 5.74. The third kappa shape index (κ3) is 4.74. The molecule has 34 heavy (non-hydrogen) atoms. The zero-order valence-electron chi connectivity index (χ0n) is 19.1. The highest BCUT2D eigenvalue weighted by atomic mass is 35.5. The minimum absolute atomic E-state index is 0.0563. The van der Waals surface area contributed by atoms with Crippen LogP contribution in [0, 0.1) is 6.92 Å². The van der Waals surface area contributed by atoms with E-state index in [1.54, 1.807) is 36.4 Å². The number of amides is 1. The van der Waals surface area contributed by atoms with Gasteiger partial charge in [-0.15, -0.1) is 11.3 Å². The molecule has 0 bridgehead atoms. The zero-order valence-corrected chi connectivity index (χ0v) is 20.7. The van der Waals surface area contributed by atoms with E-state index in [1.165, 1.54) is 16.2 Å². The van der Waals surface area contributed by atoms with Crippen molar-refractivity contribution in [3.05, 3.63) is 86.6 Å². The number of anilines is 1. The third-order valence-electron chi connectivity index (χ3n) is 5.84. The largest absolute Gasteiger partial charge is 0.507 e. The van der Waals surface area contributed by atoms with Crippen LogP contribution >= 0.6 is 22.9 Å². The molecule has 1 unspecified atom stereocenters. The summed E-state index contributed by atoms with van der Waals surface area (Å²) in [6.45, 7) is 4.63. The highest BCUT2D eigenvalue weighted by Gasteiger charge is 2.47. The van der Waals surface area contributed by atoms with Gasteiger partial charge in [0.1, 0.15) is 17.6 Å². The van der Waals surface area contributed by atoms with E-state index in [9.17, 15) is 14.7 Å². The van der Waals surface area contributed by atoms with E-state index < -0.39 is 17.7 Å². The molecule has 7 heteroatoms. The Hall–Kier alpha value is -3.09. The average molecular weight is 496 g/mol. The van der Waals surface area contributed by atoms with Crippen LogP contribution in [0.25, 0.3) is 5.76 Å². The van der Waals surface area contributed by atoms with Crippen LogP contribution in [0.3, 0.4) is 0 Å². The molecular formula is C27H26ClNO4S. The second-order valence-electron chi connectivity index (χ2n) is 8.20. The van der Waals surface area contributed by atoms with E-state index >= 15 is 0 Å². The minimum Gasteiger partial charge on any atom is -0.507 e. The van der Waals surface area contributed by atoms with Crippen molar-refractivity contribution >= 4 is 46.1 Å². The van der Waals surface area contributed by atoms with Gasteiger partial charge in [-0.05, 0) is 66.8 Å². The minimum atomic E-state index is -0.747. The van der Waals surface area contributed by atoms with Gasteiger partial charge in [0.15, 0.2) is 0 Å².